The normalized spacial score (nSPS) is 18.4. The van der Waals surface area contributed by atoms with E-state index in [0.717, 1.165) is 28.5 Å². The zero-order valence-corrected chi connectivity index (χ0v) is 37.2. The molecule has 0 saturated carbocycles. The molecule has 1 fully saturated rings. The lowest BCUT2D eigenvalue weighted by Crippen LogP contribution is -2.54. The number of nitrogens with one attached hydrogen (secondary N) is 2. The molecule has 0 bridgehead atoms. The van der Waals surface area contributed by atoms with Crippen LogP contribution in [0.15, 0.2) is 0 Å². The van der Waals surface area contributed by atoms with Gasteiger partial charge < -0.3 is 44.5 Å². The second-order valence-electron chi connectivity index (χ2n) is 13.9. The SMILES string of the molecule is CC(=O)OCC1OC(OCCCCCNC(=O)CCO)CC(OC(C)=O)C1OC(C)=O.CC(C)CCO.CCSC(=S)SC(C)(C#N)CCC(=O)NCC(C)C. The molecule has 2 amide bonds. The summed E-state index contributed by atoms with van der Waals surface area (Å²) < 4.78 is 27.3. The van der Waals surface area contributed by atoms with Gasteiger partial charge in [-0.25, -0.2) is 0 Å². The van der Waals surface area contributed by atoms with Crippen molar-refractivity contribution in [2.45, 2.75) is 143 Å². The molecule has 1 rings (SSSR count). The van der Waals surface area contributed by atoms with Gasteiger partial charge in [-0.1, -0.05) is 58.6 Å². The van der Waals surface area contributed by atoms with E-state index in [1.54, 1.807) is 11.8 Å². The number of aliphatic hydroxyl groups is 2. The summed E-state index contributed by atoms with van der Waals surface area (Å²) in [6.07, 6.45) is 1.00. The van der Waals surface area contributed by atoms with Crippen molar-refractivity contribution >= 4 is 69.0 Å². The van der Waals surface area contributed by atoms with E-state index in [1.165, 1.54) is 32.5 Å². The number of hydrogen-bond acceptors (Lipinski definition) is 16. The first-order valence-electron chi connectivity index (χ1n) is 19.1. The maximum absolute atomic E-state index is 11.7. The van der Waals surface area contributed by atoms with Crippen LogP contribution in [0.5, 0.6) is 0 Å². The van der Waals surface area contributed by atoms with Gasteiger partial charge in [0.05, 0.1) is 12.7 Å². The van der Waals surface area contributed by atoms with Crippen LogP contribution in [0.3, 0.4) is 0 Å². The first-order valence-corrected chi connectivity index (χ1v) is 21.3. The quantitative estimate of drug-likeness (QED) is 0.0496. The Morgan fingerprint density at radius 3 is 2.07 bits per heavy atom. The largest absolute Gasteiger partial charge is 0.463 e. The molecule has 1 saturated heterocycles. The van der Waals surface area contributed by atoms with E-state index in [0.29, 0.717) is 57.4 Å². The van der Waals surface area contributed by atoms with Crippen LogP contribution in [-0.2, 0) is 47.7 Å². The number of unbranched alkanes of at least 4 members (excludes halogenated alkanes) is 2. The van der Waals surface area contributed by atoms with Crippen molar-refractivity contribution in [3.8, 4) is 6.07 Å². The van der Waals surface area contributed by atoms with E-state index in [-0.39, 0.29) is 37.9 Å². The number of esters is 3. The third-order valence-corrected chi connectivity index (χ3v) is 10.0. The second-order valence-corrected chi connectivity index (χ2v) is 17.8. The van der Waals surface area contributed by atoms with Gasteiger partial charge in [0.15, 0.2) is 12.4 Å². The highest BCUT2D eigenvalue weighted by Crippen LogP contribution is 2.34. The first kappa shape index (κ1) is 55.6. The predicted octanol–water partition coefficient (Wildman–Crippen LogP) is 4.83. The number of carbonyl (C=O) groups is 5. The number of thioether (sulfide) groups is 2. The number of carbonyl (C=O) groups excluding carboxylic acids is 5. The Kier molecular flexibility index (Phi) is 33.2. The van der Waals surface area contributed by atoms with E-state index in [2.05, 4.69) is 44.4 Å². The second kappa shape index (κ2) is 33.4. The van der Waals surface area contributed by atoms with Gasteiger partial charge in [-0.05, 0) is 56.6 Å². The molecule has 0 aromatic rings. The number of hydrogen-bond donors (Lipinski definition) is 4. The maximum atomic E-state index is 11.7. The van der Waals surface area contributed by atoms with Crippen molar-refractivity contribution in [3.63, 3.8) is 0 Å². The van der Waals surface area contributed by atoms with E-state index in [1.807, 2.05) is 13.8 Å². The topological polar surface area (TPSA) is 220 Å². The monoisotopic (exact) mass is 853 g/mol. The summed E-state index contributed by atoms with van der Waals surface area (Å²) >= 11 is 8.16. The molecule has 5 atom stereocenters. The highest BCUT2D eigenvalue weighted by molar-refractivity contribution is 8.47. The molecule has 324 valence electrons. The molecule has 0 radical (unpaired) electrons. The molecule has 1 aliphatic rings. The molecule has 1 aliphatic heterocycles. The molecule has 0 aromatic heterocycles. The smallest absolute Gasteiger partial charge is 0.303 e. The fourth-order valence-corrected chi connectivity index (χ4v) is 7.42. The van der Waals surface area contributed by atoms with E-state index in [9.17, 15) is 29.2 Å². The van der Waals surface area contributed by atoms with Gasteiger partial charge in [-0.3, -0.25) is 24.0 Å². The number of ether oxygens (including phenoxy) is 5. The number of amides is 2. The van der Waals surface area contributed by atoms with Crippen molar-refractivity contribution in [2.24, 2.45) is 11.8 Å². The van der Waals surface area contributed by atoms with Crippen LogP contribution in [0.1, 0.15) is 114 Å². The summed E-state index contributed by atoms with van der Waals surface area (Å²) in [6, 6.07) is 2.27. The molecular formula is C38H67N3O12S3. The lowest BCUT2D eigenvalue weighted by molar-refractivity contribution is -0.266. The summed E-state index contributed by atoms with van der Waals surface area (Å²) in [5, 5.41) is 31.7. The number of nitriles is 1. The fourth-order valence-electron chi connectivity index (χ4n) is 4.52. The minimum absolute atomic E-state index is 0.00448. The molecule has 0 spiro atoms. The molecule has 18 heteroatoms. The fraction of sp³-hybridized carbons (Fsp3) is 0.816. The van der Waals surface area contributed by atoms with Crippen LogP contribution < -0.4 is 10.6 Å². The molecule has 0 aliphatic carbocycles. The number of rotatable bonds is 22. The van der Waals surface area contributed by atoms with Gasteiger partial charge in [0.25, 0.3) is 0 Å². The Hall–Kier alpha value is -2.53. The lowest BCUT2D eigenvalue weighted by atomic mass is 10.0. The summed E-state index contributed by atoms with van der Waals surface area (Å²) in [5.41, 5.74) is 0. The Labute approximate surface area is 347 Å². The maximum Gasteiger partial charge on any atom is 0.303 e. The molecule has 4 N–H and O–H groups in total. The van der Waals surface area contributed by atoms with Crippen LogP contribution >= 0.6 is 35.7 Å². The summed E-state index contributed by atoms with van der Waals surface area (Å²) in [7, 11) is 0. The van der Waals surface area contributed by atoms with Crippen molar-refractivity contribution in [1.82, 2.24) is 10.6 Å². The molecule has 0 aromatic carbocycles. The number of aliphatic hydroxyl groups excluding tert-OH is 2. The Bertz CT molecular complexity index is 1200. The van der Waals surface area contributed by atoms with Crippen molar-refractivity contribution in [3.05, 3.63) is 0 Å². The minimum atomic E-state index is -0.928. The van der Waals surface area contributed by atoms with Crippen LogP contribution in [0.4, 0.5) is 0 Å². The van der Waals surface area contributed by atoms with E-state index < -0.39 is 47.3 Å². The van der Waals surface area contributed by atoms with Gasteiger partial charge in [0.1, 0.15) is 27.1 Å². The van der Waals surface area contributed by atoms with Crippen LogP contribution in [0.2, 0.25) is 0 Å². The van der Waals surface area contributed by atoms with Crippen LogP contribution in [-0.4, -0.2) is 118 Å². The van der Waals surface area contributed by atoms with Crippen LogP contribution in [0, 0.1) is 23.2 Å². The van der Waals surface area contributed by atoms with Crippen molar-refractivity contribution in [2.75, 3.05) is 45.3 Å². The molecular weight excluding hydrogens is 787 g/mol. The minimum Gasteiger partial charge on any atom is -0.463 e. The zero-order chi connectivity index (χ0) is 43.1. The number of nitrogens with zero attached hydrogens (tertiary/aromatic N) is 1. The average Bonchev–Trinajstić information content (AvgIpc) is 3.10. The van der Waals surface area contributed by atoms with E-state index in [4.69, 9.17) is 46.1 Å². The number of thiocarbonyl (C=S) groups is 1. The zero-order valence-electron chi connectivity index (χ0n) is 34.7. The molecule has 5 unspecified atom stereocenters. The average molecular weight is 854 g/mol. The highest BCUT2D eigenvalue weighted by Gasteiger charge is 2.44. The molecule has 56 heavy (non-hydrogen) atoms. The highest BCUT2D eigenvalue weighted by atomic mass is 32.2. The Morgan fingerprint density at radius 1 is 0.929 bits per heavy atom. The lowest BCUT2D eigenvalue weighted by Gasteiger charge is -2.39. The van der Waals surface area contributed by atoms with Gasteiger partial charge in [-0.15, -0.1) is 11.8 Å². The Morgan fingerprint density at radius 2 is 1.57 bits per heavy atom. The van der Waals surface area contributed by atoms with Crippen molar-refractivity contribution < 1.29 is 57.9 Å². The van der Waals surface area contributed by atoms with Gasteiger partial charge >= 0.3 is 17.9 Å². The molecule has 15 nitrogen and oxygen atoms in total. The standard InChI is InChI=1S/C20H33NO10.C13H22N2OS3.C5H12O/c1-13(23)28-12-17-20(30-15(3)25)16(29-14(2)24)11-19(31-17)27-10-6-4-5-8-21-18(26)7-9-22;1-5-18-12(17)19-13(4,9-14)7-6-11(16)15-8-10(2)3;1-5(2)3-4-6/h16-17,19-20,22H,4-12H2,1-3H3,(H,21,26);10H,5-8H2,1-4H3,(H,15,16);5-6H,3-4H2,1-2H3. The summed E-state index contributed by atoms with van der Waals surface area (Å²) in [6.45, 7) is 17.4. The van der Waals surface area contributed by atoms with Crippen LogP contribution in [0.25, 0.3) is 0 Å². The van der Waals surface area contributed by atoms with Gasteiger partial charge in [0.2, 0.25) is 11.8 Å². The third-order valence-electron chi connectivity index (χ3n) is 7.39. The van der Waals surface area contributed by atoms with Gasteiger partial charge in [-0.2, -0.15) is 5.26 Å². The molecule has 1 heterocycles. The van der Waals surface area contributed by atoms with E-state index >= 15 is 0 Å². The Balaban J connectivity index is 0. The third kappa shape index (κ3) is 31.5. The van der Waals surface area contributed by atoms with Gasteiger partial charge in [0, 0.05) is 66.3 Å². The van der Waals surface area contributed by atoms with Crippen molar-refractivity contribution in [1.29, 1.82) is 5.26 Å². The predicted molar refractivity (Wildman–Crippen MR) is 221 cm³/mol. The summed E-state index contributed by atoms with van der Waals surface area (Å²) in [5.74, 6) is 0.160. The first-order chi connectivity index (χ1) is 26.3. The summed E-state index contributed by atoms with van der Waals surface area (Å²) in [4.78, 5) is 57.1.